The van der Waals surface area contributed by atoms with Crippen molar-refractivity contribution in [3.8, 4) is 11.5 Å². The molecule has 0 spiro atoms. The zero-order valence-corrected chi connectivity index (χ0v) is 23.4. The van der Waals surface area contributed by atoms with Crippen LogP contribution in [-0.2, 0) is 14.3 Å². The molecular weight excluding hydrogens is 544 g/mol. The van der Waals surface area contributed by atoms with Crippen LogP contribution < -0.4 is 9.47 Å². The Bertz CT molecular complexity index is 1150. The molecule has 192 valence electrons. The van der Waals surface area contributed by atoms with E-state index in [1.165, 1.54) is 11.8 Å². The lowest BCUT2D eigenvalue weighted by Crippen LogP contribution is -2.30. The van der Waals surface area contributed by atoms with Gasteiger partial charge in [0.2, 0.25) is 0 Å². The lowest BCUT2D eigenvalue weighted by atomic mass is 10.1. The molecule has 1 amide bonds. The monoisotopic (exact) mass is 574 g/mol. The van der Waals surface area contributed by atoms with E-state index in [0.717, 1.165) is 29.7 Å². The minimum atomic E-state index is -0.460. The van der Waals surface area contributed by atoms with Crippen molar-refractivity contribution in [3.05, 3.63) is 56.9 Å². The van der Waals surface area contributed by atoms with Gasteiger partial charge in [0.25, 0.3) is 5.91 Å². The number of amidine groups is 1. The van der Waals surface area contributed by atoms with Crippen molar-refractivity contribution >= 4 is 56.5 Å². The topological polar surface area (TPSA) is 77.4 Å². The number of ether oxygens (including phenoxy) is 3. The predicted octanol–water partition coefficient (Wildman–Crippen LogP) is 6.50. The fourth-order valence-electron chi connectivity index (χ4n) is 3.39. The molecule has 0 radical (unpaired) electrons. The number of aliphatic imine (C=N–C) groups is 1. The highest BCUT2D eigenvalue weighted by molar-refractivity contribution is 9.10. The number of nitrogens with zero attached hydrogens (tertiary/aromatic N) is 2. The van der Waals surface area contributed by atoms with Crippen LogP contribution in [0.3, 0.4) is 0 Å². The third-order valence-corrected chi connectivity index (χ3v) is 6.75. The molecule has 0 atom stereocenters. The summed E-state index contributed by atoms with van der Waals surface area (Å²) in [7, 11) is 0. The molecule has 1 aliphatic heterocycles. The van der Waals surface area contributed by atoms with Gasteiger partial charge < -0.3 is 14.2 Å². The van der Waals surface area contributed by atoms with Gasteiger partial charge in [0.15, 0.2) is 23.3 Å². The van der Waals surface area contributed by atoms with E-state index in [9.17, 15) is 9.59 Å². The van der Waals surface area contributed by atoms with Crippen molar-refractivity contribution in [1.82, 2.24) is 4.90 Å². The van der Waals surface area contributed by atoms with E-state index < -0.39 is 5.97 Å². The number of hydrogen-bond donors (Lipinski definition) is 0. The Hall–Kier alpha value is -2.78. The number of halogens is 1. The Labute approximate surface area is 225 Å². The third-order valence-electron chi connectivity index (χ3n) is 5.15. The summed E-state index contributed by atoms with van der Waals surface area (Å²) >= 11 is 4.88. The van der Waals surface area contributed by atoms with Gasteiger partial charge in [0, 0.05) is 6.54 Å². The molecule has 1 fully saturated rings. The highest BCUT2D eigenvalue weighted by atomic mass is 79.9. The van der Waals surface area contributed by atoms with Crippen LogP contribution in [0.4, 0.5) is 5.69 Å². The molecule has 0 aromatic heterocycles. The number of carbonyl (C=O) groups is 2. The van der Waals surface area contributed by atoms with Crippen LogP contribution in [0.5, 0.6) is 11.5 Å². The van der Waals surface area contributed by atoms with Crippen molar-refractivity contribution < 1.29 is 23.8 Å². The second-order valence-electron chi connectivity index (χ2n) is 8.01. The minimum absolute atomic E-state index is 0.0731. The van der Waals surface area contributed by atoms with E-state index in [4.69, 9.17) is 19.2 Å². The first kappa shape index (κ1) is 27.8. The number of esters is 1. The van der Waals surface area contributed by atoms with Gasteiger partial charge in [-0.3, -0.25) is 9.69 Å². The maximum Gasteiger partial charge on any atom is 0.344 e. The van der Waals surface area contributed by atoms with E-state index in [1.54, 1.807) is 17.9 Å². The highest BCUT2D eigenvalue weighted by Crippen LogP contribution is 2.40. The Morgan fingerprint density at radius 1 is 1.11 bits per heavy atom. The Morgan fingerprint density at radius 2 is 1.86 bits per heavy atom. The van der Waals surface area contributed by atoms with E-state index >= 15 is 0 Å². The van der Waals surface area contributed by atoms with Gasteiger partial charge in [0.1, 0.15) is 0 Å². The summed E-state index contributed by atoms with van der Waals surface area (Å²) in [4.78, 5) is 32.1. The molecule has 0 saturated carbocycles. The number of rotatable bonds is 11. The van der Waals surface area contributed by atoms with Gasteiger partial charge in [-0.15, -0.1) is 0 Å². The summed E-state index contributed by atoms with van der Waals surface area (Å²) < 4.78 is 17.0. The lowest BCUT2D eigenvalue weighted by Gasteiger charge is -2.15. The SMILES string of the molecule is CCCCN1C(=O)/C(=C\c2cc(Br)c(OCC(=O)OCC)c(OCC)c2)SC1=Nc1ccc(C)cc1. The average molecular weight is 576 g/mol. The van der Waals surface area contributed by atoms with Crippen molar-refractivity contribution in [2.75, 3.05) is 26.4 Å². The lowest BCUT2D eigenvalue weighted by molar-refractivity contribution is -0.145. The van der Waals surface area contributed by atoms with E-state index in [2.05, 4.69) is 22.9 Å². The third kappa shape index (κ3) is 7.36. The van der Waals surface area contributed by atoms with Crippen molar-refractivity contribution in [1.29, 1.82) is 0 Å². The van der Waals surface area contributed by atoms with Crippen LogP contribution in [0.2, 0.25) is 0 Å². The predicted molar refractivity (Wildman–Crippen MR) is 148 cm³/mol. The molecule has 2 aromatic carbocycles. The van der Waals surface area contributed by atoms with Crippen LogP contribution in [-0.4, -0.2) is 48.3 Å². The van der Waals surface area contributed by atoms with Crippen molar-refractivity contribution in [3.63, 3.8) is 0 Å². The normalized spacial score (nSPS) is 15.6. The number of hydrogen-bond acceptors (Lipinski definition) is 7. The largest absolute Gasteiger partial charge is 0.490 e. The second kappa shape index (κ2) is 13.5. The average Bonchev–Trinajstić information content (AvgIpc) is 3.12. The molecule has 3 rings (SSSR count). The van der Waals surface area contributed by atoms with Crippen molar-refractivity contribution in [2.24, 2.45) is 4.99 Å². The van der Waals surface area contributed by atoms with Gasteiger partial charge in [-0.05, 0) is 90.8 Å². The second-order valence-corrected chi connectivity index (χ2v) is 9.87. The molecular formula is C27H31BrN2O5S. The smallest absolute Gasteiger partial charge is 0.344 e. The molecule has 7 nitrogen and oxygen atoms in total. The zero-order valence-electron chi connectivity index (χ0n) is 21.0. The molecule has 1 saturated heterocycles. The first-order valence-electron chi connectivity index (χ1n) is 12.0. The first-order chi connectivity index (χ1) is 17.4. The maximum absolute atomic E-state index is 13.3. The van der Waals surface area contributed by atoms with Crippen LogP contribution in [0.25, 0.3) is 6.08 Å². The van der Waals surface area contributed by atoms with Gasteiger partial charge in [-0.25, -0.2) is 9.79 Å². The molecule has 2 aromatic rings. The number of thioether (sulfide) groups is 1. The maximum atomic E-state index is 13.3. The molecule has 9 heteroatoms. The summed E-state index contributed by atoms with van der Waals surface area (Å²) in [5.41, 5.74) is 2.72. The van der Waals surface area contributed by atoms with Crippen LogP contribution in [0.1, 0.15) is 44.7 Å². The number of benzene rings is 2. The summed E-state index contributed by atoms with van der Waals surface area (Å²) in [5.74, 6) is 0.341. The Kier molecular flexibility index (Phi) is 10.4. The van der Waals surface area contributed by atoms with Gasteiger partial charge in [-0.2, -0.15) is 0 Å². The number of amides is 1. The first-order valence-corrected chi connectivity index (χ1v) is 13.6. The summed E-state index contributed by atoms with van der Waals surface area (Å²) in [6.45, 7) is 8.80. The summed E-state index contributed by atoms with van der Waals surface area (Å²) in [6.07, 6.45) is 3.69. The van der Waals surface area contributed by atoms with E-state index in [0.29, 0.717) is 39.2 Å². The molecule has 0 bridgehead atoms. The van der Waals surface area contributed by atoms with Crippen molar-refractivity contribution in [2.45, 2.75) is 40.5 Å². The van der Waals surface area contributed by atoms with E-state index in [1.807, 2.05) is 50.3 Å². The quantitative estimate of drug-likeness (QED) is 0.225. The fourth-order valence-corrected chi connectivity index (χ4v) is 4.99. The van der Waals surface area contributed by atoms with Gasteiger partial charge in [0.05, 0.1) is 28.3 Å². The molecule has 1 aliphatic rings. The minimum Gasteiger partial charge on any atom is -0.490 e. The summed E-state index contributed by atoms with van der Waals surface area (Å²) in [6, 6.07) is 11.5. The van der Waals surface area contributed by atoms with Crippen LogP contribution in [0.15, 0.2) is 50.8 Å². The number of unbranched alkanes of at least 4 members (excludes halogenated alkanes) is 1. The summed E-state index contributed by atoms with van der Waals surface area (Å²) in [5, 5.41) is 0.669. The highest BCUT2D eigenvalue weighted by Gasteiger charge is 2.33. The molecule has 36 heavy (non-hydrogen) atoms. The van der Waals surface area contributed by atoms with Gasteiger partial charge in [-0.1, -0.05) is 31.0 Å². The Balaban J connectivity index is 1.91. The zero-order chi connectivity index (χ0) is 26.1. The van der Waals surface area contributed by atoms with Crippen LogP contribution >= 0.6 is 27.7 Å². The molecule has 0 N–H and O–H groups in total. The number of carbonyl (C=O) groups excluding carboxylic acids is 2. The number of aryl methyl sites for hydroxylation is 1. The molecule has 1 heterocycles. The van der Waals surface area contributed by atoms with Crippen LogP contribution in [0, 0.1) is 6.92 Å². The fraction of sp³-hybridized carbons (Fsp3) is 0.370. The molecule has 0 unspecified atom stereocenters. The standard InChI is InChI=1S/C27H31BrN2O5S/c1-5-8-13-30-26(32)23(36-27(30)29-20-11-9-18(4)10-12-20)16-19-14-21(28)25(22(15-19)33-6-2)35-17-24(31)34-7-3/h9-12,14-16H,5-8,13,17H2,1-4H3/b23-16+,29-27?. The molecule has 0 aliphatic carbocycles. The van der Waals surface area contributed by atoms with E-state index in [-0.39, 0.29) is 19.1 Å². The Morgan fingerprint density at radius 3 is 2.53 bits per heavy atom. The van der Waals surface area contributed by atoms with Gasteiger partial charge >= 0.3 is 5.97 Å².